The van der Waals surface area contributed by atoms with Crippen LogP contribution in [-0.4, -0.2) is 48.4 Å². The SMILES string of the molecule is NC[C@H]1CC(Oc2ccc(Cl)c(Cl)c2)CCN1CCO. The number of hydrogen-bond donors (Lipinski definition) is 2. The van der Waals surface area contributed by atoms with Crippen molar-refractivity contribution in [2.45, 2.75) is 25.0 Å². The molecule has 4 nitrogen and oxygen atoms in total. The molecular formula is C14H20Cl2N2O2. The van der Waals surface area contributed by atoms with E-state index in [1.165, 1.54) is 0 Å². The van der Waals surface area contributed by atoms with Crippen molar-refractivity contribution in [3.8, 4) is 5.75 Å². The quantitative estimate of drug-likeness (QED) is 0.873. The van der Waals surface area contributed by atoms with Crippen LogP contribution < -0.4 is 10.5 Å². The van der Waals surface area contributed by atoms with Gasteiger partial charge in [-0.2, -0.15) is 0 Å². The molecule has 3 N–H and O–H groups in total. The largest absolute Gasteiger partial charge is 0.490 e. The van der Waals surface area contributed by atoms with Crippen LogP contribution >= 0.6 is 23.2 Å². The van der Waals surface area contributed by atoms with Gasteiger partial charge in [-0.1, -0.05) is 23.2 Å². The van der Waals surface area contributed by atoms with E-state index in [1.807, 2.05) is 6.07 Å². The standard InChI is InChI=1S/C14H20Cl2N2O2/c15-13-2-1-11(8-14(13)16)20-12-3-4-18(5-6-19)10(7-12)9-17/h1-2,8,10,12,19H,3-7,9,17H2/t10-,12?/m1/s1. The molecule has 20 heavy (non-hydrogen) atoms. The Balaban J connectivity index is 1.95. The molecule has 0 radical (unpaired) electrons. The van der Waals surface area contributed by atoms with Crippen LogP contribution in [0.25, 0.3) is 0 Å². The van der Waals surface area contributed by atoms with Crippen LogP contribution in [0.4, 0.5) is 0 Å². The number of nitrogens with two attached hydrogens (primary N) is 1. The Morgan fingerprint density at radius 2 is 2.15 bits per heavy atom. The topological polar surface area (TPSA) is 58.7 Å². The lowest BCUT2D eigenvalue weighted by molar-refractivity contribution is 0.0486. The van der Waals surface area contributed by atoms with Crippen molar-refractivity contribution in [3.63, 3.8) is 0 Å². The maximum absolute atomic E-state index is 9.05. The van der Waals surface area contributed by atoms with Crippen LogP contribution in [0.2, 0.25) is 10.0 Å². The number of aliphatic hydroxyl groups excluding tert-OH is 1. The number of piperidine rings is 1. The molecule has 0 bridgehead atoms. The van der Waals surface area contributed by atoms with Gasteiger partial charge in [0.2, 0.25) is 0 Å². The third kappa shape index (κ3) is 3.99. The number of halogens is 2. The smallest absolute Gasteiger partial charge is 0.121 e. The lowest BCUT2D eigenvalue weighted by atomic mass is 9.99. The molecule has 6 heteroatoms. The van der Waals surface area contributed by atoms with Gasteiger partial charge in [0.15, 0.2) is 0 Å². The van der Waals surface area contributed by atoms with Crippen LogP contribution in [0.3, 0.4) is 0 Å². The fraction of sp³-hybridized carbons (Fsp3) is 0.571. The maximum Gasteiger partial charge on any atom is 0.121 e. The molecule has 0 spiro atoms. The third-order valence-electron chi connectivity index (χ3n) is 3.64. The normalized spacial score (nSPS) is 23.8. The number of β-amino-alcohol motifs (C(OH)–C–C–N with tert-alkyl or cyclic N) is 1. The van der Waals surface area contributed by atoms with Crippen molar-refractivity contribution in [2.24, 2.45) is 5.73 Å². The average molecular weight is 319 g/mol. The summed E-state index contributed by atoms with van der Waals surface area (Å²) in [6.45, 7) is 2.28. The summed E-state index contributed by atoms with van der Waals surface area (Å²) in [5.41, 5.74) is 5.81. The molecule has 1 unspecified atom stereocenters. The minimum atomic E-state index is 0.121. The molecule has 1 aromatic rings. The van der Waals surface area contributed by atoms with E-state index in [0.29, 0.717) is 23.1 Å². The molecule has 1 aliphatic heterocycles. The van der Waals surface area contributed by atoms with Crippen LogP contribution in [0.5, 0.6) is 5.75 Å². The van der Waals surface area contributed by atoms with Gasteiger partial charge in [-0.05, 0) is 18.6 Å². The minimum absolute atomic E-state index is 0.121. The molecule has 112 valence electrons. The number of rotatable bonds is 5. The summed E-state index contributed by atoms with van der Waals surface area (Å²) in [6.07, 6.45) is 1.89. The summed E-state index contributed by atoms with van der Waals surface area (Å²) in [5.74, 6) is 0.732. The fourth-order valence-corrected chi connectivity index (χ4v) is 2.87. The molecule has 0 amide bonds. The Morgan fingerprint density at radius 3 is 2.80 bits per heavy atom. The summed E-state index contributed by atoms with van der Waals surface area (Å²) < 4.78 is 5.96. The van der Waals surface area contributed by atoms with Crippen LogP contribution in [0.1, 0.15) is 12.8 Å². The van der Waals surface area contributed by atoms with Gasteiger partial charge in [0.25, 0.3) is 0 Å². The molecule has 1 saturated heterocycles. The number of ether oxygens (including phenoxy) is 1. The van der Waals surface area contributed by atoms with E-state index in [4.69, 9.17) is 38.8 Å². The molecule has 0 aliphatic carbocycles. The van der Waals surface area contributed by atoms with Crippen molar-refractivity contribution < 1.29 is 9.84 Å². The average Bonchev–Trinajstić information content (AvgIpc) is 2.45. The molecule has 0 saturated carbocycles. The Bertz CT molecular complexity index is 445. The first-order valence-electron chi connectivity index (χ1n) is 6.80. The number of hydrogen-bond acceptors (Lipinski definition) is 4. The molecular weight excluding hydrogens is 299 g/mol. The zero-order chi connectivity index (χ0) is 14.5. The zero-order valence-corrected chi connectivity index (χ0v) is 12.8. The number of aliphatic hydroxyl groups is 1. The lowest BCUT2D eigenvalue weighted by Crippen LogP contribution is -2.50. The van der Waals surface area contributed by atoms with Crippen molar-refractivity contribution in [1.29, 1.82) is 0 Å². The molecule has 2 atom stereocenters. The number of nitrogens with zero attached hydrogens (tertiary/aromatic N) is 1. The second kappa shape index (κ2) is 7.48. The number of benzene rings is 1. The van der Waals surface area contributed by atoms with Gasteiger partial charge < -0.3 is 15.6 Å². The highest BCUT2D eigenvalue weighted by Gasteiger charge is 2.28. The monoisotopic (exact) mass is 318 g/mol. The Hall–Kier alpha value is -0.520. The van der Waals surface area contributed by atoms with Gasteiger partial charge in [0.1, 0.15) is 11.9 Å². The Kier molecular flexibility index (Phi) is 5.93. The Morgan fingerprint density at radius 1 is 1.35 bits per heavy atom. The van der Waals surface area contributed by atoms with Crippen molar-refractivity contribution in [2.75, 3.05) is 26.2 Å². The molecule has 0 aromatic heterocycles. The zero-order valence-electron chi connectivity index (χ0n) is 11.3. The predicted octanol–water partition coefficient (Wildman–Crippen LogP) is 2.16. The molecule has 1 aromatic carbocycles. The van der Waals surface area contributed by atoms with E-state index in [0.717, 1.165) is 25.1 Å². The second-order valence-corrected chi connectivity index (χ2v) is 5.80. The summed E-state index contributed by atoms with van der Waals surface area (Å²) in [6, 6.07) is 5.55. The number of likely N-dealkylation sites (tertiary alicyclic amines) is 1. The van der Waals surface area contributed by atoms with Gasteiger partial charge in [0, 0.05) is 38.2 Å². The van der Waals surface area contributed by atoms with E-state index in [9.17, 15) is 0 Å². The maximum atomic E-state index is 9.05. The summed E-state index contributed by atoms with van der Waals surface area (Å²) >= 11 is 11.9. The van der Waals surface area contributed by atoms with Crippen molar-refractivity contribution in [1.82, 2.24) is 4.90 Å². The first-order chi connectivity index (χ1) is 9.63. The van der Waals surface area contributed by atoms with Crippen molar-refractivity contribution in [3.05, 3.63) is 28.2 Å². The van der Waals surface area contributed by atoms with Gasteiger partial charge in [0.05, 0.1) is 16.7 Å². The van der Waals surface area contributed by atoms with E-state index < -0.39 is 0 Å². The predicted molar refractivity (Wildman–Crippen MR) is 81.6 cm³/mol. The first-order valence-corrected chi connectivity index (χ1v) is 7.56. The summed E-state index contributed by atoms with van der Waals surface area (Å²) in [7, 11) is 0. The van der Waals surface area contributed by atoms with Crippen molar-refractivity contribution >= 4 is 23.2 Å². The van der Waals surface area contributed by atoms with Gasteiger partial charge in [-0.15, -0.1) is 0 Å². The summed E-state index contributed by atoms with van der Waals surface area (Å²) in [4.78, 5) is 2.22. The van der Waals surface area contributed by atoms with Crippen LogP contribution in [0, 0.1) is 0 Å². The highest BCUT2D eigenvalue weighted by molar-refractivity contribution is 6.42. The van der Waals surface area contributed by atoms with E-state index >= 15 is 0 Å². The first kappa shape index (κ1) is 15.9. The van der Waals surface area contributed by atoms with Crippen LogP contribution in [0.15, 0.2) is 18.2 Å². The van der Waals surface area contributed by atoms with E-state index in [2.05, 4.69) is 4.90 Å². The van der Waals surface area contributed by atoms with Gasteiger partial charge in [-0.25, -0.2) is 0 Å². The van der Waals surface area contributed by atoms with E-state index in [-0.39, 0.29) is 18.8 Å². The highest BCUT2D eigenvalue weighted by Crippen LogP contribution is 2.28. The van der Waals surface area contributed by atoms with Gasteiger partial charge >= 0.3 is 0 Å². The summed E-state index contributed by atoms with van der Waals surface area (Å²) in [5, 5.41) is 10.1. The molecule has 1 fully saturated rings. The second-order valence-electron chi connectivity index (χ2n) is 4.99. The molecule has 1 heterocycles. The minimum Gasteiger partial charge on any atom is -0.490 e. The molecule has 1 aliphatic rings. The molecule has 2 rings (SSSR count). The lowest BCUT2D eigenvalue weighted by Gasteiger charge is -2.38. The fourth-order valence-electron chi connectivity index (χ4n) is 2.58. The van der Waals surface area contributed by atoms with E-state index in [1.54, 1.807) is 12.1 Å². The Labute approximate surface area is 129 Å². The van der Waals surface area contributed by atoms with Crippen LogP contribution in [-0.2, 0) is 0 Å². The van der Waals surface area contributed by atoms with Gasteiger partial charge in [-0.3, -0.25) is 4.90 Å². The third-order valence-corrected chi connectivity index (χ3v) is 4.38. The highest BCUT2D eigenvalue weighted by atomic mass is 35.5.